The molecular formula is C11H17ClN2O3. The molecule has 1 aromatic rings. The number of ether oxygens (including phenoxy) is 3. The highest BCUT2D eigenvalue weighted by atomic mass is 35.5. The maximum Gasteiger partial charge on any atom is 0.225 e. The average Bonchev–Trinajstić information content (AvgIpc) is 2.26. The van der Waals surface area contributed by atoms with Crippen LogP contribution in [0.4, 0.5) is 0 Å². The largest absolute Gasteiger partial charge is 0.475 e. The molecule has 0 atom stereocenters. The first-order chi connectivity index (χ1) is 8.22. The van der Waals surface area contributed by atoms with Gasteiger partial charge in [-0.1, -0.05) is 0 Å². The van der Waals surface area contributed by atoms with E-state index in [4.69, 9.17) is 25.8 Å². The fourth-order valence-electron chi connectivity index (χ4n) is 1.19. The molecule has 0 saturated carbocycles. The number of rotatable bonds is 8. The smallest absolute Gasteiger partial charge is 0.225 e. The van der Waals surface area contributed by atoms with Crippen molar-refractivity contribution in [1.29, 1.82) is 0 Å². The highest BCUT2D eigenvalue weighted by molar-refractivity contribution is 6.28. The molecule has 0 amide bonds. The third-order valence-electron chi connectivity index (χ3n) is 1.92. The Balaban J connectivity index is 2.13. The zero-order chi connectivity index (χ0) is 12.5. The molecule has 0 aromatic carbocycles. The number of hydrogen-bond acceptors (Lipinski definition) is 5. The van der Waals surface area contributed by atoms with Crippen molar-refractivity contribution in [2.45, 2.75) is 13.3 Å². The van der Waals surface area contributed by atoms with Crippen molar-refractivity contribution in [3.8, 4) is 5.88 Å². The standard InChI is InChI=1S/C11H17ClN2O3/c1-9-8-10(14-11(12)13-9)17-7-6-16-5-3-4-15-2/h8H,3-7H2,1-2H3. The first-order valence-electron chi connectivity index (χ1n) is 5.43. The van der Waals surface area contributed by atoms with Crippen LogP contribution in [0.5, 0.6) is 5.88 Å². The van der Waals surface area contributed by atoms with E-state index in [-0.39, 0.29) is 5.28 Å². The Kier molecular flexibility index (Phi) is 6.84. The van der Waals surface area contributed by atoms with Crippen molar-refractivity contribution in [2.24, 2.45) is 0 Å². The van der Waals surface area contributed by atoms with Crippen molar-refractivity contribution in [2.75, 3.05) is 33.5 Å². The Morgan fingerprint density at radius 3 is 2.71 bits per heavy atom. The van der Waals surface area contributed by atoms with Gasteiger partial charge in [0.25, 0.3) is 0 Å². The third kappa shape index (κ3) is 6.41. The summed E-state index contributed by atoms with van der Waals surface area (Å²) in [5.41, 5.74) is 0.779. The molecule has 0 aliphatic heterocycles. The summed E-state index contributed by atoms with van der Waals surface area (Å²) < 4.78 is 15.6. The van der Waals surface area contributed by atoms with Gasteiger partial charge in [0.15, 0.2) is 0 Å². The number of aryl methyl sites for hydroxylation is 1. The third-order valence-corrected chi connectivity index (χ3v) is 2.09. The molecule has 0 N–H and O–H groups in total. The van der Waals surface area contributed by atoms with Crippen molar-refractivity contribution >= 4 is 11.6 Å². The van der Waals surface area contributed by atoms with E-state index < -0.39 is 0 Å². The molecule has 0 aliphatic carbocycles. The van der Waals surface area contributed by atoms with Gasteiger partial charge in [0.1, 0.15) is 6.61 Å². The molecule has 5 nitrogen and oxygen atoms in total. The van der Waals surface area contributed by atoms with Crippen LogP contribution in [0.25, 0.3) is 0 Å². The second-order valence-corrected chi connectivity index (χ2v) is 3.76. The lowest BCUT2D eigenvalue weighted by atomic mass is 10.4. The van der Waals surface area contributed by atoms with Crippen molar-refractivity contribution in [3.05, 3.63) is 17.0 Å². The summed E-state index contributed by atoms with van der Waals surface area (Å²) in [7, 11) is 1.67. The predicted octanol–water partition coefficient (Wildman–Crippen LogP) is 1.87. The van der Waals surface area contributed by atoms with Gasteiger partial charge in [-0.05, 0) is 24.9 Å². The summed E-state index contributed by atoms with van der Waals surface area (Å²) in [5, 5.41) is 0.195. The summed E-state index contributed by atoms with van der Waals surface area (Å²) in [6, 6.07) is 1.73. The summed E-state index contributed by atoms with van der Waals surface area (Å²) in [6.07, 6.45) is 0.884. The molecule has 0 bridgehead atoms. The van der Waals surface area contributed by atoms with E-state index in [2.05, 4.69) is 9.97 Å². The number of nitrogens with zero attached hydrogens (tertiary/aromatic N) is 2. The van der Waals surface area contributed by atoms with Crippen LogP contribution < -0.4 is 4.74 Å². The van der Waals surface area contributed by atoms with Crippen molar-refractivity contribution in [3.63, 3.8) is 0 Å². The average molecular weight is 261 g/mol. The predicted molar refractivity (Wildman–Crippen MR) is 64.6 cm³/mol. The molecule has 0 fully saturated rings. The van der Waals surface area contributed by atoms with Gasteiger partial charge in [0.05, 0.1) is 6.61 Å². The molecule has 1 rings (SSSR count). The van der Waals surface area contributed by atoms with E-state index in [1.165, 1.54) is 0 Å². The lowest BCUT2D eigenvalue weighted by molar-refractivity contribution is 0.0795. The van der Waals surface area contributed by atoms with Gasteiger partial charge in [-0.2, -0.15) is 4.98 Å². The number of methoxy groups -OCH3 is 1. The van der Waals surface area contributed by atoms with Crippen LogP contribution in [0, 0.1) is 6.92 Å². The van der Waals surface area contributed by atoms with Crippen LogP contribution in [0.1, 0.15) is 12.1 Å². The topological polar surface area (TPSA) is 53.5 Å². The minimum atomic E-state index is 0.195. The van der Waals surface area contributed by atoms with Crippen LogP contribution in [-0.4, -0.2) is 43.5 Å². The zero-order valence-corrected chi connectivity index (χ0v) is 10.9. The molecule has 0 aliphatic rings. The van der Waals surface area contributed by atoms with Gasteiger partial charge in [-0.25, -0.2) is 4.98 Å². The first-order valence-corrected chi connectivity index (χ1v) is 5.81. The fraction of sp³-hybridized carbons (Fsp3) is 0.636. The molecule has 0 radical (unpaired) electrons. The van der Waals surface area contributed by atoms with Gasteiger partial charge in [-0.15, -0.1) is 0 Å². The van der Waals surface area contributed by atoms with Gasteiger partial charge in [0, 0.05) is 32.1 Å². The Morgan fingerprint density at radius 2 is 2.00 bits per heavy atom. The van der Waals surface area contributed by atoms with Crippen LogP contribution in [0.3, 0.4) is 0 Å². The zero-order valence-electron chi connectivity index (χ0n) is 10.1. The van der Waals surface area contributed by atoms with Gasteiger partial charge in [0.2, 0.25) is 11.2 Å². The van der Waals surface area contributed by atoms with Crippen molar-refractivity contribution < 1.29 is 14.2 Å². The summed E-state index contributed by atoms with van der Waals surface area (Å²) in [4.78, 5) is 7.88. The monoisotopic (exact) mass is 260 g/mol. The lowest BCUT2D eigenvalue weighted by Crippen LogP contribution is -2.09. The normalized spacial score (nSPS) is 10.5. The molecule has 1 aromatic heterocycles. The van der Waals surface area contributed by atoms with Crippen molar-refractivity contribution in [1.82, 2.24) is 9.97 Å². The number of hydrogen-bond donors (Lipinski definition) is 0. The van der Waals surface area contributed by atoms with E-state index >= 15 is 0 Å². The Labute approximate surface area is 106 Å². The highest BCUT2D eigenvalue weighted by Gasteiger charge is 2.00. The Bertz CT molecular complexity index is 316. The summed E-state index contributed by atoms with van der Waals surface area (Å²) >= 11 is 5.70. The minimum absolute atomic E-state index is 0.195. The van der Waals surface area contributed by atoms with Gasteiger partial charge in [-0.3, -0.25) is 0 Å². The Hall–Kier alpha value is -0.910. The molecule has 17 heavy (non-hydrogen) atoms. The fourth-order valence-corrected chi connectivity index (χ4v) is 1.41. The molecule has 0 unspecified atom stereocenters. The molecule has 6 heteroatoms. The molecule has 96 valence electrons. The molecule has 1 heterocycles. The van der Waals surface area contributed by atoms with Crippen LogP contribution in [0.2, 0.25) is 5.28 Å². The molecule has 0 spiro atoms. The highest BCUT2D eigenvalue weighted by Crippen LogP contribution is 2.11. The minimum Gasteiger partial charge on any atom is -0.475 e. The van der Waals surface area contributed by atoms with Gasteiger partial charge >= 0.3 is 0 Å². The SMILES string of the molecule is COCCCOCCOc1cc(C)nc(Cl)n1. The van der Waals surface area contributed by atoms with E-state index in [1.807, 2.05) is 6.92 Å². The lowest BCUT2D eigenvalue weighted by Gasteiger charge is -2.06. The molecular weight excluding hydrogens is 244 g/mol. The maximum absolute atomic E-state index is 5.70. The quantitative estimate of drug-likeness (QED) is 0.528. The second kappa shape index (κ2) is 8.22. The Morgan fingerprint density at radius 1 is 1.18 bits per heavy atom. The number of halogens is 1. The van der Waals surface area contributed by atoms with E-state index in [0.717, 1.165) is 12.1 Å². The second-order valence-electron chi connectivity index (χ2n) is 3.42. The summed E-state index contributed by atoms with van der Waals surface area (Å²) in [5.74, 6) is 0.475. The van der Waals surface area contributed by atoms with Crippen LogP contribution in [-0.2, 0) is 9.47 Å². The maximum atomic E-state index is 5.70. The van der Waals surface area contributed by atoms with E-state index in [9.17, 15) is 0 Å². The molecule has 0 saturated heterocycles. The van der Waals surface area contributed by atoms with E-state index in [1.54, 1.807) is 13.2 Å². The van der Waals surface area contributed by atoms with Crippen LogP contribution in [0.15, 0.2) is 6.07 Å². The summed E-state index contributed by atoms with van der Waals surface area (Å²) in [6.45, 7) is 4.17. The van der Waals surface area contributed by atoms with E-state index in [0.29, 0.717) is 32.3 Å². The number of aromatic nitrogens is 2. The van der Waals surface area contributed by atoms with Gasteiger partial charge < -0.3 is 14.2 Å². The first kappa shape index (κ1) is 14.2. The van der Waals surface area contributed by atoms with Crippen LogP contribution >= 0.6 is 11.6 Å².